The van der Waals surface area contributed by atoms with Crippen LogP contribution in [0.1, 0.15) is 22.3 Å². The van der Waals surface area contributed by atoms with Gasteiger partial charge in [-0.15, -0.1) is 0 Å². The normalized spacial score (nSPS) is 9.88. The Morgan fingerprint density at radius 3 is 2.88 bits per heavy atom. The number of hydrogen-bond donors (Lipinski definition) is 2. The Morgan fingerprint density at radius 2 is 2.25 bits per heavy atom. The third kappa shape index (κ3) is 3.57. The van der Waals surface area contributed by atoms with Gasteiger partial charge in [-0.05, 0) is 24.6 Å². The lowest BCUT2D eigenvalue weighted by Gasteiger charge is -2.08. The highest BCUT2D eigenvalue weighted by Crippen LogP contribution is 2.19. The summed E-state index contributed by atoms with van der Waals surface area (Å²) in [5, 5.41) is 2.77. The molecule has 16 heavy (non-hydrogen) atoms. The highest BCUT2D eigenvalue weighted by molar-refractivity contribution is 9.10. The summed E-state index contributed by atoms with van der Waals surface area (Å²) >= 11 is 8.11. The molecule has 1 aromatic rings. The number of halogens is 1. The summed E-state index contributed by atoms with van der Waals surface area (Å²) in [7, 11) is 0. The van der Waals surface area contributed by atoms with Gasteiger partial charge in [-0.1, -0.05) is 34.2 Å². The van der Waals surface area contributed by atoms with Crippen LogP contribution in [0, 0.1) is 6.92 Å². The van der Waals surface area contributed by atoms with E-state index in [1.54, 1.807) is 6.07 Å². The molecule has 0 heterocycles. The molecule has 0 unspecified atom stereocenters. The first-order valence-electron chi connectivity index (χ1n) is 4.84. The average Bonchev–Trinajstić information content (AvgIpc) is 2.21. The maximum atomic E-state index is 11.8. The number of thiocarbonyl (C=S) groups is 1. The predicted octanol–water partition coefficient (Wildman–Crippen LogP) is 2.16. The second-order valence-electron chi connectivity index (χ2n) is 3.38. The van der Waals surface area contributed by atoms with E-state index in [1.165, 1.54) is 0 Å². The number of nitrogens with one attached hydrogen (secondary N) is 1. The second-order valence-corrected chi connectivity index (χ2v) is 4.76. The van der Waals surface area contributed by atoms with E-state index < -0.39 is 0 Å². The number of nitrogens with two attached hydrogens (primary N) is 1. The number of rotatable bonds is 4. The molecule has 1 aromatic carbocycles. The maximum absolute atomic E-state index is 11.8. The minimum absolute atomic E-state index is 0.102. The van der Waals surface area contributed by atoms with Crippen LogP contribution < -0.4 is 11.1 Å². The van der Waals surface area contributed by atoms with Crippen molar-refractivity contribution >= 4 is 39.0 Å². The SMILES string of the molecule is Cc1c(Br)cccc1C(=O)NCCC(N)=S. The van der Waals surface area contributed by atoms with Gasteiger partial charge in [0.05, 0.1) is 4.99 Å². The van der Waals surface area contributed by atoms with E-state index in [9.17, 15) is 4.79 Å². The lowest BCUT2D eigenvalue weighted by Crippen LogP contribution is -2.27. The zero-order valence-electron chi connectivity index (χ0n) is 8.92. The highest BCUT2D eigenvalue weighted by atomic mass is 79.9. The topological polar surface area (TPSA) is 55.1 Å². The van der Waals surface area contributed by atoms with Gasteiger partial charge in [0.1, 0.15) is 0 Å². The van der Waals surface area contributed by atoms with Gasteiger partial charge in [0.2, 0.25) is 0 Å². The first-order valence-corrected chi connectivity index (χ1v) is 6.04. The smallest absolute Gasteiger partial charge is 0.251 e. The van der Waals surface area contributed by atoms with Crippen molar-refractivity contribution in [2.24, 2.45) is 5.73 Å². The number of carbonyl (C=O) groups excluding carboxylic acids is 1. The molecule has 0 atom stereocenters. The molecule has 0 radical (unpaired) electrons. The molecule has 0 aliphatic heterocycles. The molecule has 0 saturated heterocycles. The van der Waals surface area contributed by atoms with E-state index >= 15 is 0 Å². The summed E-state index contributed by atoms with van der Waals surface area (Å²) in [6.45, 7) is 2.37. The van der Waals surface area contributed by atoms with Gasteiger partial charge in [0.15, 0.2) is 0 Å². The van der Waals surface area contributed by atoms with Crippen LogP contribution in [-0.2, 0) is 0 Å². The molecule has 3 nitrogen and oxygen atoms in total. The number of hydrogen-bond acceptors (Lipinski definition) is 2. The van der Waals surface area contributed by atoms with Crippen LogP contribution in [0.3, 0.4) is 0 Å². The molecule has 0 aromatic heterocycles. The van der Waals surface area contributed by atoms with Crippen LogP contribution in [0.2, 0.25) is 0 Å². The van der Waals surface area contributed by atoms with Crippen molar-refractivity contribution in [3.8, 4) is 0 Å². The van der Waals surface area contributed by atoms with E-state index in [0.717, 1.165) is 10.0 Å². The van der Waals surface area contributed by atoms with Gasteiger partial charge < -0.3 is 11.1 Å². The Labute approximate surface area is 109 Å². The molecule has 1 rings (SSSR count). The van der Waals surface area contributed by atoms with Crippen molar-refractivity contribution in [3.05, 3.63) is 33.8 Å². The first-order chi connectivity index (χ1) is 7.52. The highest BCUT2D eigenvalue weighted by Gasteiger charge is 2.09. The zero-order valence-corrected chi connectivity index (χ0v) is 11.3. The van der Waals surface area contributed by atoms with Crippen LogP contribution in [0.5, 0.6) is 0 Å². The van der Waals surface area contributed by atoms with Crippen molar-refractivity contribution < 1.29 is 4.79 Å². The minimum Gasteiger partial charge on any atom is -0.393 e. The number of amides is 1. The van der Waals surface area contributed by atoms with Crippen molar-refractivity contribution in [3.63, 3.8) is 0 Å². The number of benzene rings is 1. The second kappa shape index (κ2) is 5.96. The molecule has 1 amide bonds. The predicted molar refractivity (Wildman–Crippen MR) is 72.6 cm³/mol. The van der Waals surface area contributed by atoms with Crippen molar-refractivity contribution in [2.45, 2.75) is 13.3 Å². The summed E-state index contributed by atoms with van der Waals surface area (Å²) in [5.74, 6) is -0.102. The molecule has 0 bridgehead atoms. The summed E-state index contributed by atoms with van der Waals surface area (Å²) in [6, 6.07) is 5.52. The molecule has 86 valence electrons. The fourth-order valence-corrected chi connectivity index (χ4v) is 1.72. The van der Waals surface area contributed by atoms with Gasteiger partial charge in [-0.3, -0.25) is 4.79 Å². The Kier molecular flexibility index (Phi) is 4.89. The zero-order chi connectivity index (χ0) is 12.1. The van der Waals surface area contributed by atoms with Crippen LogP contribution in [0.4, 0.5) is 0 Å². The Balaban J connectivity index is 2.66. The monoisotopic (exact) mass is 300 g/mol. The van der Waals surface area contributed by atoms with E-state index in [1.807, 2.05) is 19.1 Å². The molecule has 0 saturated carbocycles. The molecule has 5 heteroatoms. The lowest BCUT2D eigenvalue weighted by molar-refractivity contribution is 0.0954. The van der Waals surface area contributed by atoms with Crippen molar-refractivity contribution in [2.75, 3.05) is 6.54 Å². The van der Waals surface area contributed by atoms with E-state index in [0.29, 0.717) is 23.5 Å². The Morgan fingerprint density at radius 1 is 1.56 bits per heavy atom. The van der Waals surface area contributed by atoms with Gasteiger partial charge in [0, 0.05) is 23.0 Å². The summed E-state index contributed by atoms with van der Waals surface area (Å²) in [6.07, 6.45) is 0.522. The average molecular weight is 301 g/mol. The van der Waals surface area contributed by atoms with Crippen LogP contribution in [0.25, 0.3) is 0 Å². The Hall–Kier alpha value is -0.940. The van der Waals surface area contributed by atoms with Crippen LogP contribution in [-0.4, -0.2) is 17.4 Å². The third-order valence-electron chi connectivity index (χ3n) is 2.17. The van der Waals surface area contributed by atoms with Crippen LogP contribution in [0.15, 0.2) is 22.7 Å². The summed E-state index contributed by atoms with van der Waals surface area (Å²) < 4.78 is 0.925. The summed E-state index contributed by atoms with van der Waals surface area (Å²) in [5.41, 5.74) is 6.93. The number of carbonyl (C=O) groups is 1. The largest absolute Gasteiger partial charge is 0.393 e. The quantitative estimate of drug-likeness (QED) is 0.838. The third-order valence-corrected chi connectivity index (χ3v) is 3.23. The molecular formula is C11H13BrN2OS. The van der Waals surface area contributed by atoms with Gasteiger partial charge >= 0.3 is 0 Å². The summed E-state index contributed by atoms with van der Waals surface area (Å²) in [4.78, 5) is 12.2. The first kappa shape index (κ1) is 13.1. The molecular weight excluding hydrogens is 288 g/mol. The van der Waals surface area contributed by atoms with Crippen molar-refractivity contribution in [1.82, 2.24) is 5.32 Å². The maximum Gasteiger partial charge on any atom is 0.251 e. The molecule has 0 spiro atoms. The minimum atomic E-state index is -0.102. The van der Waals surface area contributed by atoms with Gasteiger partial charge in [-0.2, -0.15) is 0 Å². The van der Waals surface area contributed by atoms with Crippen LogP contribution >= 0.6 is 28.1 Å². The van der Waals surface area contributed by atoms with E-state index in [2.05, 4.69) is 21.2 Å². The lowest BCUT2D eigenvalue weighted by atomic mass is 10.1. The van der Waals surface area contributed by atoms with E-state index in [4.69, 9.17) is 18.0 Å². The Bertz CT molecular complexity index is 420. The molecule has 3 N–H and O–H groups in total. The van der Waals surface area contributed by atoms with Crippen molar-refractivity contribution in [1.29, 1.82) is 0 Å². The van der Waals surface area contributed by atoms with Gasteiger partial charge in [-0.25, -0.2) is 0 Å². The fourth-order valence-electron chi connectivity index (χ4n) is 1.25. The molecule has 0 aliphatic carbocycles. The standard InChI is InChI=1S/C11H13BrN2OS/c1-7-8(3-2-4-9(7)12)11(15)14-6-5-10(13)16/h2-4H,5-6H2,1H3,(H2,13,16)(H,14,15). The van der Waals surface area contributed by atoms with E-state index in [-0.39, 0.29) is 5.91 Å². The fraction of sp³-hybridized carbons (Fsp3) is 0.273. The molecule has 0 fully saturated rings. The van der Waals surface area contributed by atoms with Gasteiger partial charge in [0.25, 0.3) is 5.91 Å². The molecule has 0 aliphatic rings.